The third-order valence-electron chi connectivity index (χ3n) is 3.56. The molecule has 2 heterocycles. The Morgan fingerprint density at radius 1 is 1.44 bits per heavy atom. The van der Waals surface area contributed by atoms with E-state index in [1.165, 1.54) is 0 Å². The minimum atomic E-state index is -4.49. The first-order chi connectivity index (χ1) is 12.7. The number of carbonyl (C=O) groups excluding carboxylic acids is 1. The van der Waals surface area contributed by atoms with Crippen LogP contribution in [0.25, 0.3) is 0 Å². The van der Waals surface area contributed by atoms with E-state index < -0.39 is 11.7 Å². The number of rotatable bonds is 8. The number of hydrogen-bond donors (Lipinski definition) is 1. The van der Waals surface area contributed by atoms with E-state index >= 15 is 0 Å². The topological polar surface area (TPSA) is 64.0 Å². The minimum absolute atomic E-state index is 0.0368. The molecule has 2 rings (SSSR count). The van der Waals surface area contributed by atoms with Gasteiger partial charge in [0.05, 0.1) is 10.6 Å². The molecular formula is C16H17ClF3N3O2S2. The summed E-state index contributed by atoms with van der Waals surface area (Å²) >= 11 is 8.12. The average molecular weight is 440 g/mol. The van der Waals surface area contributed by atoms with Crippen molar-refractivity contribution in [3.8, 4) is 0 Å². The molecule has 0 aromatic carbocycles. The van der Waals surface area contributed by atoms with Crippen LogP contribution in [0.1, 0.15) is 24.1 Å². The highest BCUT2D eigenvalue weighted by Crippen LogP contribution is 2.33. The smallest absolute Gasteiger partial charge is 0.355 e. The van der Waals surface area contributed by atoms with Crippen LogP contribution in [0.2, 0.25) is 5.02 Å². The van der Waals surface area contributed by atoms with Crippen LogP contribution < -0.4 is 10.2 Å². The molecule has 0 bridgehead atoms. The summed E-state index contributed by atoms with van der Waals surface area (Å²) in [5, 5.41) is 4.71. The van der Waals surface area contributed by atoms with Gasteiger partial charge in [0.25, 0.3) is 0 Å². The van der Waals surface area contributed by atoms with E-state index in [2.05, 4.69) is 10.3 Å². The van der Waals surface area contributed by atoms with Gasteiger partial charge in [0.15, 0.2) is 0 Å². The van der Waals surface area contributed by atoms with Gasteiger partial charge in [0, 0.05) is 42.5 Å². The molecule has 1 amide bonds. The summed E-state index contributed by atoms with van der Waals surface area (Å²) in [5.74, 6) is 0.274. The highest BCUT2D eigenvalue weighted by molar-refractivity contribution is 7.99. The molecular weight excluding hydrogens is 423 g/mol. The Kier molecular flexibility index (Phi) is 7.75. The lowest BCUT2D eigenvalue weighted by Gasteiger charge is -2.09. The molecule has 0 spiro atoms. The molecule has 0 radical (unpaired) electrons. The number of aromatic nitrogens is 2. The molecule has 0 atom stereocenters. The third-order valence-corrected chi connectivity index (χ3v) is 5.85. The van der Waals surface area contributed by atoms with Crippen molar-refractivity contribution in [3.05, 3.63) is 43.6 Å². The quantitative estimate of drug-likeness (QED) is 0.499. The monoisotopic (exact) mass is 439 g/mol. The van der Waals surface area contributed by atoms with Crippen LogP contribution in [0, 0.1) is 6.92 Å². The highest BCUT2D eigenvalue weighted by Gasteiger charge is 2.31. The maximum absolute atomic E-state index is 12.6. The van der Waals surface area contributed by atoms with Crippen LogP contribution in [0.5, 0.6) is 0 Å². The second kappa shape index (κ2) is 9.61. The van der Waals surface area contributed by atoms with Crippen LogP contribution in [-0.4, -0.2) is 27.8 Å². The molecule has 5 nitrogen and oxygen atoms in total. The van der Waals surface area contributed by atoms with Gasteiger partial charge in [-0.3, -0.25) is 9.59 Å². The zero-order valence-electron chi connectivity index (χ0n) is 14.3. The van der Waals surface area contributed by atoms with Crippen molar-refractivity contribution in [2.75, 3.05) is 12.3 Å². The normalized spacial score (nSPS) is 11.6. The first-order valence-corrected chi connectivity index (χ1v) is 10.2. The Labute approximate surface area is 166 Å². The minimum Gasteiger partial charge on any atom is -0.355 e. The summed E-state index contributed by atoms with van der Waals surface area (Å²) in [6.45, 7) is 2.66. The molecule has 0 aliphatic heterocycles. The van der Waals surface area contributed by atoms with Gasteiger partial charge in [-0.05, 0) is 19.4 Å². The molecule has 1 N–H and O–H groups in total. The number of hydrogen-bond acceptors (Lipinski definition) is 5. The maximum Gasteiger partial charge on any atom is 0.417 e. The van der Waals surface area contributed by atoms with E-state index in [4.69, 9.17) is 11.6 Å². The molecule has 27 heavy (non-hydrogen) atoms. The van der Waals surface area contributed by atoms with Gasteiger partial charge >= 0.3 is 11.0 Å². The lowest BCUT2D eigenvalue weighted by atomic mass is 10.3. The number of carbonyl (C=O) groups is 1. The first-order valence-electron chi connectivity index (χ1n) is 7.95. The molecule has 0 aliphatic carbocycles. The zero-order chi connectivity index (χ0) is 20.0. The van der Waals surface area contributed by atoms with Crippen molar-refractivity contribution < 1.29 is 18.0 Å². The Hall–Kier alpha value is -1.52. The van der Waals surface area contributed by atoms with E-state index in [-0.39, 0.29) is 27.2 Å². The van der Waals surface area contributed by atoms with E-state index in [9.17, 15) is 22.8 Å². The van der Waals surface area contributed by atoms with Crippen molar-refractivity contribution in [1.29, 1.82) is 0 Å². The number of nitrogens with zero attached hydrogens (tertiary/aromatic N) is 2. The number of amides is 1. The predicted molar refractivity (Wildman–Crippen MR) is 101 cm³/mol. The molecule has 2 aromatic rings. The molecule has 148 valence electrons. The molecule has 0 saturated carbocycles. The molecule has 0 fully saturated rings. The molecule has 2 aromatic heterocycles. The number of halogens is 4. The van der Waals surface area contributed by atoms with Crippen LogP contribution in [0.15, 0.2) is 27.5 Å². The number of nitrogens with one attached hydrogen (secondary N) is 1. The van der Waals surface area contributed by atoms with Gasteiger partial charge < -0.3 is 9.88 Å². The maximum atomic E-state index is 12.6. The fraction of sp³-hybridized carbons (Fsp3) is 0.438. The van der Waals surface area contributed by atoms with Gasteiger partial charge in [0.2, 0.25) is 5.91 Å². The lowest BCUT2D eigenvalue weighted by molar-refractivity contribution is -0.137. The molecule has 11 heteroatoms. The summed E-state index contributed by atoms with van der Waals surface area (Å²) in [6, 6.07) is 0.837. The summed E-state index contributed by atoms with van der Waals surface area (Å²) in [7, 11) is 0. The highest BCUT2D eigenvalue weighted by atomic mass is 35.5. The average Bonchev–Trinajstić information content (AvgIpc) is 2.91. The van der Waals surface area contributed by atoms with Crippen molar-refractivity contribution in [3.63, 3.8) is 0 Å². The van der Waals surface area contributed by atoms with E-state index in [1.54, 1.807) is 9.95 Å². The SMILES string of the molecule is Cc1csc(=O)n1CCCC(=O)NCCSc1ncc(C(F)(F)F)cc1Cl. The Bertz CT molecular complexity index is 852. The summed E-state index contributed by atoms with van der Waals surface area (Å²) < 4.78 is 39.3. The number of alkyl halides is 3. The number of thiazole rings is 1. The van der Waals surface area contributed by atoms with Gasteiger partial charge in [-0.25, -0.2) is 4.98 Å². The Morgan fingerprint density at radius 3 is 2.78 bits per heavy atom. The summed E-state index contributed by atoms with van der Waals surface area (Å²) in [5.41, 5.74) is -0.0205. The van der Waals surface area contributed by atoms with Crippen LogP contribution in [0.4, 0.5) is 13.2 Å². The van der Waals surface area contributed by atoms with Crippen LogP contribution >= 0.6 is 34.7 Å². The van der Waals surface area contributed by atoms with E-state index in [0.29, 0.717) is 25.3 Å². The number of pyridine rings is 1. The van der Waals surface area contributed by atoms with Crippen molar-refractivity contribution in [2.45, 2.75) is 37.5 Å². The van der Waals surface area contributed by atoms with Crippen LogP contribution in [0.3, 0.4) is 0 Å². The first kappa shape index (κ1) is 21.8. The van der Waals surface area contributed by atoms with E-state index in [0.717, 1.165) is 41.1 Å². The van der Waals surface area contributed by atoms with Crippen molar-refractivity contribution in [2.24, 2.45) is 0 Å². The van der Waals surface area contributed by atoms with Gasteiger partial charge in [-0.15, -0.1) is 11.8 Å². The lowest BCUT2D eigenvalue weighted by Crippen LogP contribution is -2.26. The Morgan fingerprint density at radius 2 is 2.19 bits per heavy atom. The fourth-order valence-electron chi connectivity index (χ4n) is 2.19. The Balaban J connectivity index is 1.69. The second-order valence-corrected chi connectivity index (χ2v) is 7.92. The molecule has 0 saturated heterocycles. The van der Waals surface area contributed by atoms with Gasteiger partial charge in [0.1, 0.15) is 5.03 Å². The van der Waals surface area contributed by atoms with Gasteiger partial charge in [-0.1, -0.05) is 22.9 Å². The van der Waals surface area contributed by atoms with Crippen molar-refractivity contribution in [1.82, 2.24) is 14.9 Å². The fourth-order valence-corrected chi connectivity index (χ4v) is 4.00. The molecule has 0 aliphatic rings. The third kappa shape index (κ3) is 6.54. The second-order valence-electron chi connectivity index (χ2n) is 5.61. The van der Waals surface area contributed by atoms with Gasteiger partial charge in [-0.2, -0.15) is 13.2 Å². The van der Waals surface area contributed by atoms with Crippen molar-refractivity contribution >= 4 is 40.6 Å². The number of aryl methyl sites for hydroxylation is 1. The zero-order valence-corrected chi connectivity index (χ0v) is 16.7. The van der Waals surface area contributed by atoms with E-state index in [1.807, 2.05) is 6.92 Å². The summed E-state index contributed by atoms with van der Waals surface area (Å²) in [6.07, 6.45) is -2.92. The molecule has 0 unspecified atom stereocenters. The number of thioether (sulfide) groups is 1. The van der Waals surface area contributed by atoms with Crippen LogP contribution in [-0.2, 0) is 17.5 Å². The summed E-state index contributed by atoms with van der Waals surface area (Å²) in [4.78, 5) is 27.1. The largest absolute Gasteiger partial charge is 0.417 e. The standard InChI is InChI=1S/C16H17ClF3N3O2S2/c1-10-9-27-15(25)23(10)5-2-3-13(24)21-4-6-26-14-12(17)7-11(8-22-14)16(18,19)20/h7-9H,2-6H2,1H3,(H,21,24). The predicted octanol–water partition coefficient (Wildman–Crippen LogP) is 3.97.